The van der Waals surface area contributed by atoms with Gasteiger partial charge in [-0.15, -0.1) is 0 Å². The van der Waals surface area contributed by atoms with E-state index >= 15 is 0 Å². The second-order valence-corrected chi connectivity index (χ2v) is 7.47. The number of nitrogens with zero attached hydrogens (tertiary/aromatic N) is 1. The molecule has 3 rings (SSSR count). The Morgan fingerprint density at radius 1 is 0.882 bits per heavy atom. The van der Waals surface area contributed by atoms with Crippen LogP contribution >= 0.6 is 0 Å². The SMILES string of the molecule is COc1cc(/C=C/C(=O)Nc2ccccc2C(=O)N(C)Cc2ccccc2)cc(OC)c1OC. The van der Waals surface area contributed by atoms with Crippen LogP contribution in [-0.2, 0) is 11.3 Å². The lowest BCUT2D eigenvalue weighted by molar-refractivity contribution is -0.111. The number of carbonyl (C=O) groups excluding carboxylic acids is 2. The standard InChI is InChI=1S/C27H28N2O5/c1-29(18-19-10-6-5-7-11-19)27(31)21-12-8-9-13-22(21)28-25(30)15-14-20-16-23(32-2)26(34-4)24(17-20)33-3/h5-17H,18H2,1-4H3,(H,28,30)/b15-14+. The van der Waals surface area contributed by atoms with E-state index < -0.39 is 0 Å². The van der Waals surface area contributed by atoms with E-state index in [2.05, 4.69) is 5.32 Å². The summed E-state index contributed by atoms with van der Waals surface area (Å²) in [5.41, 5.74) is 2.56. The summed E-state index contributed by atoms with van der Waals surface area (Å²) in [6.45, 7) is 0.461. The molecule has 3 aromatic rings. The zero-order chi connectivity index (χ0) is 24.5. The summed E-state index contributed by atoms with van der Waals surface area (Å²) >= 11 is 0. The Labute approximate surface area is 199 Å². The van der Waals surface area contributed by atoms with Gasteiger partial charge in [0.1, 0.15) is 0 Å². The van der Waals surface area contributed by atoms with Crippen molar-refractivity contribution in [1.29, 1.82) is 0 Å². The highest BCUT2D eigenvalue weighted by atomic mass is 16.5. The van der Waals surface area contributed by atoms with Crippen molar-refractivity contribution in [2.75, 3.05) is 33.7 Å². The van der Waals surface area contributed by atoms with E-state index in [1.165, 1.54) is 27.4 Å². The molecule has 0 saturated heterocycles. The molecule has 3 aromatic carbocycles. The summed E-state index contributed by atoms with van der Waals surface area (Å²) in [7, 11) is 6.32. The predicted octanol–water partition coefficient (Wildman–Crippen LogP) is 4.64. The molecule has 0 spiro atoms. The zero-order valence-electron chi connectivity index (χ0n) is 19.7. The highest BCUT2D eigenvalue weighted by Crippen LogP contribution is 2.38. The number of anilines is 1. The van der Waals surface area contributed by atoms with Gasteiger partial charge >= 0.3 is 0 Å². The third kappa shape index (κ3) is 5.95. The number of hydrogen-bond acceptors (Lipinski definition) is 5. The fourth-order valence-electron chi connectivity index (χ4n) is 3.46. The van der Waals surface area contributed by atoms with E-state index in [9.17, 15) is 9.59 Å². The normalized spacial score (nSPS) is 10.6. The molecule has 0 aliphatic rings. The van der Waals surface area contributed by atoms with Gasteiger partial charge in [0.25, 0.3) is 5.91 Å². The van der Waals surface area contributed by atoms with E-state index in [1.807, 2.05) is 30.3 Å². The van der Waals surface area contributed by atoms with Gasteiger partial charge in [0.2, 0.25) is 11.7 Å². The number of hydrogen-bond donors (Lipinski definition) is 1. The molecule has 0 bridgehead atoms. The maximum atomic E-state index is 13.0. The van der Waals surface area contributed by atoms with Crippen LogP contribution < -0.4 is 19.5 Å². The fraction of sp³-hybridized carbons (Fsp3) is 0.185. The van der Waals surface area contributed by atoms with Gasteiger partial charge in [-0.3, -0.25) is 9.59 Å². The monoisotopic (exact) mass is 460 g/mol. The Kier molecular flexibility index (Phi) is 8.29. The number of nitrogens with one attached hydrogen (secondary N) is 1. The molecular weight excluding hydrogens is 432 g/mol. The van der Waals surface area contributed by atoms with Crippen molar-refractivity contribution in [2.24, 2.45) is 0 Å². The molecule has 0 atom stereocenters. The number of benzene rings is 3. The third-order valence-corrected chi connectivity index (χ3v) is 5.14. The summed E-state index contributed by atoms with van der Waals surface area (Å²) in [4.78, 5) is 27.3. The van der Waals surface area contributed by atoms with E-state index in [-0.39, 0.29) is 11.8 Å². The van der Waals surface area contributed by atoms with Gasteiger partial charge in [-0.1, -0.05) is 42.5 Å². The topological polar surface area (TPSA) is 77.1 Å². The van der Waals surface area contributed by atoms with Crippen molar-refractivity contribution < 1.29 is 23.8 Å². The van der Waals surface area contributed by atoms with Crippen LogP contribution in [0.5, 0.6) is 17.2 Å². The van der Waals surface area contributed by atoms with Crippen LogP contribution in [0.3, 0.4) is 0 Å². The van der Waals surface area contributed by atoms with Crippen LogP contribution in [0, 0.1) is 0 Å². The van der Waals surface area contributed by atoms with Crippen molar-refractivity contribution in [1.82, 2.24) is 4.90 Å². The first-order valence-electron chi connectivity index (χ1n) is 10.6. The smallest absolute Gasteiger partial charge is 0.256 e. The van der Waals surface area contributed by atoms with E-state index in [4.69, 9.17) is 14.2 Å². The van der Waals surface area contributed by atoms with Gasteiger partial charge in [-0.25, -0.2) is 0 Å². The van der Waals surface area contributed by atoms with E-state index in [0.29, 0.717) is 40.6 Å². The lowest BCUT2D eigenvalue weighted by Crippen LogP contribution is -2.27. The molecule has 0 aliphatic heterocycles. The van der Waals surface area contributed by atoms with E-state index in [0.717, 1.165) is 5.56 Å². The first kappa shape index (κ1) is 24.4. The number of carbonyl (C=O) groups is 2. The zero-order valence-corrected chi connectivity index (χ0v) is 19.7. The Hall–Kier alpha value is -4.26. The Balaban J connectivity index is 1.75. The molecule has 2 amide bonds. The van der Waals surface area contributed by atoms with Crippen LogP contribution in [0.1, 0.15) is 21.5 Å². The first-order valence-corrected chi connectivity index (χ1v) is 10.6. The van der Waals surface area contributed by atoms with Crippen LogP contribution in [0.25, 0.3) is 6.08 Å². The maximum Gasteiger partial charge on any atom is 0.256 e. The molecule has 1 N–H and O–H groups in total. The number of para-hydroxylation sites is 1. The minimum atomic E-state index is -0.375. The van der Waals surface area contributed by atoms with Crippen molar-refractivity contribution in [3.8, 4) is 17.2 Å². The van der Waals surface area contributed by atoms with Crippen molar-refractivity contribution >= 4 is 23.6 Å². The largest absolute Gasteiger partial charge is 0.493 e. The molecule has 0 aliphatic carbocycles. The molecule has 0 heterocycles. The number of methoxy groups -OCH3 is 3. The number of amides is 2. The summed E-state index contributed by atoms with van der Waals surface area (Å²) < 4.78 is 16.0. The lowest BCUT2D eigenvalue weighted by Gasteiger charge is -2.19. The Bertz CT molecular complexity index is 1150. The predicted molar refractivity (Wildman–Crippen MR) is 132 cm³/mol. The molecule has 0 unspecified atom stereocenters. The van der Waals surface area contributed by atoms with Crippen LogP contribution in [0.4, 0.5) is 5.69 Å². The van der Waals surface area contributed by atoms with Gasteiger partial charge in [-0.05, 0) is 41.5 Å². The summed E-state index contributed by atoms with van der Waals surface area (Å²) in [5.74, 6) is 0.880. The highest BCUT2D eigenvalue weighted by Gasteiger charge is 2.17. The van der Waals surface area contributed by atoms with Gasteiger partial charge in [0, 0.05) is 19.7 Å². The minimum absolute atomic E-state index is 0.187. The number of rotatable bonds is 9. The van der Waals surface area contributed by atoms with Crippen molar-refractivity contribution in [2.45, 2.75) is 6.54 Å². The van der Waals surface area contributed by atoms with Gasteiger partial charge in [0.15, 0.2) is 11.5 Å². The molecule has 0 saturated carbocycles. The quantitative estimate of drug-likeness (QED) is 0.471. The molecule has 34 heavy (non-hydrogen) atoms. The second-order valence-electron chi connectivity index (χ2n) is 7.47. The maximum absolute atomic E-state index is 13.0. The molecule has 0 aromatic heterocycles. The van der Waals surface area contributed by atoms with Crippen molar-refractivity contribution in [3.05, 3.63) is 89.5 Å². The fourth-order valence-corrected chi connectivity index (χ4v) is 3.46. The summed E-state index contributed by atoms with van der Waals surface area (Å²) in [6, 6.07) is 20.1. The average molecular weight is 461 g/mol. The summed E-state index contributed by atoms with van der Waals surface area (Å²) in [6.07, 6.45) is 3.02. The Morgan fingerprint density at radius 3 is 2.12 bits per heavy atom. The second kappa shape index (κ2) is 11.6. The Morgan fingerprint density at radius 2 is 1.50 bits per heavy atom. The molecule has 0 radical (unpaired) electrons. The van der Waals surface area contributed by atoms with Crippen molar-refractivity contribution in [3.63, 3.8) is 0 Å². The third-order valence-electron chi connectivity index (χ3n) is 5.14. The van der Waals surface area contributed by atoms with Gasteiger partial charge in [0.05, 0.1) is 32.6 Å². The number of ether oxygens (including phenoxy) is 3. The van der Waals surface area contributed by atoms with Crippen LogP contribution in [0.15, 0.2) is 72.8 Å². The molecule has 7 nitrogen and oxygen atoms in total. The highest BCUT2D eigenvalue weighted by molar-refractivity contribution is 6.07. The van der Waals surface area contributed by atoms with Crippen LogP contribution in [-0.4, -0.2) is 45.1 Å². The molecular formula is C27H28N2O5. The minimum Gasteiger partial charge on any atom is -0.493 e. The molecule has 0 fully saturated rings. The van der Waals surface area contributed by atoms with Gasteiger partial charge in [-0.2, -0.15) is 0 Å². The lowest BCUT2D eigenvalue weighted by atomic mass is 10.1. The average Bonchev–Trinajstić information content (AvgIpc) is 2.87. The van der Waals surface area contributed by atoms with Gasteiger partial charge < -0.3 is 24.4 Å². The first-order chi connectivity index (χ1) is 16.5. The van der Waals surface area contributed by atoms with E-state index in [1.54, 1.807) is 54.4 Å². The van der Waals surface area contributed by atoms with Crippen LogP contribution in [0.2, 0.25) is 0 Å². The molecule has 176 valence electrons. The summed E-state index contributed by atoms with van der Waals surface area (Å²) in [5, 5.41) is 2.80. The molecule has 7 heteroatoms.